The Bertz CT molecular complexity index is 515. The highest BCUT2D eigenvalue weighted by molar-refractivity contribution is 9.09. The summed E-state index contributed by atoms with van der Waals surface area (Å²) in [7, 11) is 1.70. The van der Waals surface area contributed by atoms with Gasteiger partial charge in [0, 0.05) is 35.1 Å². The van der Waals surface area contributed by atoms with Gasteiger partial charge < -0.3 is 4.90 Å². The molecule has 1 aromatic rings. The van der Waals surface area contributed by atoms with Crippen LogP contribution in [0.15, 0.2) is 18.2 Å². The number of amides is 1. The molecule has 0 saturated carbocycles. The minimum absolute atomic E-state index is 0.0316. The van der Waals surface area contributed by atoms with Gasteiger partial charge in [-0.25, -0.2) is 0 Å². The topological polar surface area (TPSA) is 63.5 Å². The Morgan fingerprint density at radius 2 is 2.05 bits per heavy atom. The lowest BCUT2D eigenvalue weighted by Gasteiger charge is -2.34. The van der Waals surface area contributed by atoms with Crippen molar-refractivity contribution in [2.24, 2.45) is 0 Å². The van der Waals surface area contributed by atoms with Crippen molar-refractivity contribution in [2.45, 2.75) is 26.3 Å². The van der Waals surface area contributed by atoms with E-state index in [-0.39, 0.29) is 17.1 Å². The number of benzene rings is 1. The molecule has 1 rings (SSSR count). The zero-order chi connectivity index (χ0) is 14.8. The zero-order valence-corrected chi connectivity index (χ0v) is 13.0. The van der Waals surface area contributed by atoms with Gasteiger partial charge in [-0.3, -0.25) is 14.9 Å². The van der Waals surface area contributed by atoms with Crippen LogP contribution in [0.5, 0.6) is 0 Å². The monoisotopic (exact) mass is 328 g/mol. The maximum absolute atomic E-state index is 12.4. The average Bonchev–Trinajstić information content (AvgIpc) is 2.36. The molecule has 0 bridgehead atoms. The molecule has 0 spiro atoms. The molecule has 6 heteroatoms. The van der Waals surface area contributed by atoms with Gasteiger partial charge in [-0.05, 0) is 26.8 Å². The molecule has 0 aliphatic rings. The fraction of sp³-hybridized carbons (Fsp3) is 0.462. The van der Waals surface area contributed by atoms with Gasteiger partial charge in [-0.15, -0.1) is 0 Å². The third-order valence-electron chi connectivity index (χ3n) is 3.27. The Kier molecular flexibility index (Phi) is 4.68. The van der Waals surface area contributed by atoms with Crippen molar-refractivity contribution in [3.63, 3.8) is 0 Å². The maximum Gasteiger partial charge on any atom is 0.273 e. The molecule has 1 amide bonds. The first-order valence-corrected chi connectivity index (χ1v) is 6.92. The summed E-state index contributed by atoms with van der Waals surface area (Å²) in [5.74, 6) is -0.217. The lowest BCUT2D eigenvalue weighted by atomic mass is 10.0. The second kappa shape index (κ2) is 5.69. The quantitative estimate of drug-likeness (QED) is 0.484. The molecule has 0 aliphatic heterocycles. The number of alkyl halides is 1. The predicted octanol–water partition coefficient (Wildman–Crippen LogP) is 3.15. The van der Waals surface area contributed by atoms with E-state index in [1.54, 1.807) is 24.9 Å². The highest BCUT2D eigenvalue weighted by atomic mass is 79.9. The van der Waals surface area contributed by atoms with Crippen LogP contribution in [0.25, 0.3) is 0 Å². The smallest absolute Gasteiger partial charge is 0.273 e. The molecule has 0 heterocycles. The van der Waals surface area contributed by atoms with E-state index in [9.17, 15) is 14.9 Å². The van der Waals surface area contributed by atoms with Crippen LogP contribution in [0.4, 0.5) is 5.69 Å². The number of nitro groups is 1. The number of carbonyl (C=O) groups excluding carboxylic acids is 1. The maximum atomic E-state index is 12.4. The van der Waals surface area contributed by atoms with Gasteiger partial charge in [0.2, 0.25) is 0 Å². The molecule has 0 fully saturated rings. The molecule has 19 heavy (non-hydrogen) atoms. The summed E-state index contributed by atoms with van der Waals surface area (Å²) in [6.07, 6.45) is 0. The fourth-order valence-corrected chi connectivity index (χ4v) is 1.97. The molecular formula is C13H17BrN2O3. The van der Waals surface area contributed by atoms with Crippen LogP contribution in [0.3, 0.4) is 0 Å². The summed E-state index contributed by atoms with van der Waals surface area (Å²) in [5.41, 5.74) is 0.366. The number of hydrogen-bond donors (Lipinski definition) is 0. The summed E-state index contributed by atoms with van der Waals surface area (Å²) in [4.78, 5) is 24.4. The van der Waals surface area contributed by atoms with Crippen LogP contribution >= 0.6 is 15.9 Å². The molecule has 0 aromatic heterocycles. The Morgan fingerprint density at radius 3 is 2.53 bits per heavy atom. The third-order valence-corrected chi connectivity index (χ3v) is 4.64. The van der Waals surface area contributed by atoms with E-state index in [2.05, 4.69) is 15.9 Å². The van der Waals surface area contributed by atoms with Crippen molar-refractivity contribution in [1.29, 1.82) is 0 Å². The van der Waals surface area contributed by atoms with Gasteiger partial charge in [0.25, 0.3) is 11.6 Å². The van der Waals surface area contributed by atoms with E-state index in [1.165, 1.54) is 12.1 Å². The number of rotatable bonds is 4. The molecule has 5 nitrogen and oxygen atoms in total. The molecule has 0 atom stereocenters. The molecule has 1 aromatic carbocycles. The third kappa shape index (κ3) is 3.12. The van der Waals surface area contributed by atoms with Crippen LogP contribution in [0, 0.1) is 17.0 Å². The van der Waals surface area contributed by atoms with Crippen LogP contribution in [0.1, 0.15) is 29.8 Å². The molecule has 0 unspecified atom stereocenters. The van der Waals surface area contributed by atoms with Gasteiger partial charge in [0.05, 0.1) is 4.92 Å². The number of halogens is 1. The van der Waals surface area contributed by atoms with E-state index in [4.69, 9.17) is 0 Å². The second-order valence-corrected chi connectivity index (χ2v) is 5.58. The Balaban J connectivity index is 3.21. The second-order valence-electron chi connectivity index (χ2n) is 5.02. The van der Waals surface area contributed by atoms with E-state index in [0.29, 0.717) is 16.5 Å². The van der Waals surface area contributed by atoms with Crippen molar-refractivity contribution in [1.82, 2.24) is 4.90 Å². The Morgan fingerprint density at radius 1 is 1.47 bits per heavy atom. The highest BCUT2D eigenvalue weighted by Gasteiger charge is 2.29. The van der Waals surface area contributed by atoms with Gasteiger partial charge in [-0.2, -0.15) is 0 Å². The summed E-state index contributed by atoms with van der Waals surface area (Å²) in [6.45, 7) is 5.44. The summed E-state index contributed by atoms with van der Waals surface area (Å²) < 4.78 is 0. The first kappa shape index (κ1) is 15.6. The lowest BCUT2D eigenvalue weighted by molar-refractivity contribution is -0.385. The van der Waals surface area contributed by atoms with Crippen molar-refractivity contribution in [2.75, 3.05) is 12.4 Å². The summed E-state index contributed by atoms with van der Waals surface area (Å²) in [5, 5.41) is 11.5. The minimum Gasteiger partial charge on any atom is -0.336 e. The largest absolute Gasteiger partial charge is 0.336 e. The fourth-order valence-electron chi connectivity index (χ4n) is 1.60. The molecular weight excluding hydrogens is 312 g/mol. The molecule has 0 saturated heterocycles. The van der Waals surface area contributed by atoms with Crippen molar-refractivity contribution < 1.29 is 9.72 Å². The van der Waals surface area contributed by atoms with Gasteiger partial charge in [-0.1, -0.05) is 22.0 Å². The van der Waals surface area contributed by atoms with Gasteiger partial charge in [0.15, 0.2) is 0 Å². The number of nitrogens with zero attached hydrogens (tertiary/aromatic N) is 2. The molecule has 0 radical (unpaired) electrons. The van der Waals surface area contributed by atoms with Crippen molar-refractivity contribution >= 4 is 27.5 Å². The first-order valence-electron chi connectivity index (χ1n) is 5.80. The SMILES string of the molecule is Cc1c(C(=O)N(C)C(C)(C)CBr)cccc1[N+](=O)[O-]. The standard InChI is InChI=1S/C13H17BrN2O3/c1-9-10(6-5-7-11(9)16(18)19)12(17)15(4)13(2,3)8-14/h5-7H,8H2,1-4H3. The minimum atomic E-state index is -0.470. The van der Waals surface area contributed by atoms with Gasteiger partial charge >= 0.3 is 0 Å². The molecule has 0 aliphatic carbocycles. The van der Waals surface area contributed by atoms with E-state index >= 15 is 0 Å². The molecule has 104 valence electrons. The number of carbonyl (C=O) groups is 1. The average molecular weight is 329 g/mol. The van der Waals surface area contributed by atoms with Gasteiger partial charge in [0.1, 0.15) is 0 Å². The number of nitro benzene ring substituents is 1. The van der Waals surface area contributed by atoms with E-state index in [1.807, 2.05) is 13.8 Å². The van der Waals surface area contributed by atoms with Crippen LogP contribution in [-0.4, -0.2) is 33.6 Å². The van der Waals surface area contributed by atoms with Crippen molar-refractivity contribution in [3.05, 3.63) is 39.4 Å². The lowest BCUT2D eigenvalue weighted by Crippen LogP contribution is -2.46. The summed E-state index contributed by atoms with van der Waals surface area (Å²) in [6, 6.07) is 4.56. The van der Waals surface area contributed by atoms with Crippen molar-refractivity contribution in [3.8, 4) is 0 Å². The zero-order valence-electron chi connectivity index (χ0n) is 11.4. The molecule has 0 N–H and O–H groups in total. The first-order chi connectivity index (χ1) is 8.72. The van der Waals surface area contributed by atoms with Crippen LogP contribution in [-0.2, 0) is 0 Å². The van der Waals surface area contributed by atoms with E-state index < -0.39 is 4.92 Å². The Labute approximate surface area is 120 Å². The normalized spacial score (nSPS) is 11.2. The van der Waals surface area contributed by atoms with E-state index in [0.717, 1.165) is 0 Å². The van der Waals surface area contributed by atoms with Crippen LogP contribution in [0.2, 0.25) is 0 Å². The summed E-state index contributed by atoms with van der Waals surface area (Å²) >= 11 is 3.37. The predicted molar refractivity (Wildman–Crippen MR) is 77.8 cm³/mol. The highest BCUT2D eigenvalue weighted by Crippen LogP contribution is 2.24. The van der Waals surface area contributed by atoms with Crippen LogP contribution < -0.4 is 0 Å². The number of hydrogen-bond acceptors (Lipinski definition) is 3. The Hall–Kier alpha value is -1.43.